The molecule has 2 rings (SSSR count). The molecule has 0 fully saturated rings. The normalized spacial score (nSPS) is 10.2. The van der Waals surface area contributed by atoms with Crippen LogP contribution >= 0.6 is 15.9 Å². The Morgan fingerprint density at radius 3 is 2.81 bits per heavy atom. The van der Waals surface area contributed by atoms with E-state index in [1.807, 2.05) is 0 Å². The van der Waals surface area contributed by atoms with Crippen LogP contribution in [0.1, 0.15) is 10.4 Å². The van der Waals surface area contributed by atoms with Crippen molar-refractivity contribution in [2.45, 2.75) is 0 Å². The number of carbonyl (C=O) groups is 1. The fraction of sp³-hybridized carbons (Fsp3) is 0. The Labute approximate surface area is 126 Å². The fourth-order valence-corrected chi connectivity index (χ4v) is 1.92. The highest BCUT2D eigenvalue weighted by molar-refractivity contribution is 9.10. The molecule has 0 aliphatic heterocycles. The van der Waals surface area contributed by atoms with Crippen LogP contribution in [0.4, 0.5) is 21.6 Å². The lowest BCUT2D eigenvalue weighted by Gasteiger charge is -2.08. The maximum atomic E-state index is 13.2. The van der Waals surface area contributed by atoms with E-state index in [1.54, 1.807) is 0 Å². The van der Waals surface area contributed by atoms with Crippen molar-refractivity contribution in [3.8, 4) is 0 Å². The number of rotatable bonds is 3. The predicted octanol–water partition coefficient (Wildman–Crippen LogP) is 2.73. The van der Waals surface area contributed by atoms with E-state index in [1.165, 1.54) is 12.1 Å². The second kappa shape index (κ2) is 5.83. The van der Waals surface area contributed by atoms with E-state index in [2.05, 4.69) is 26.2 Å². The van der Waals surface area contributed by atoms with Gasteiger partial charge in [0.2, 0.25) is 0 Å². The molecule has 0 spiro atoms. The lowest BCUT2D eigenvalue weighted by Crippen LogP contribution is -2.15. The summed E-state index contributed by atoms with van der Waals surface area (Å²) in [6.07, 6.45) is 0.894. The van der Waals surface area contributed by atoms with Crippen molar-refractivity contribution in [1.29, 1.82) is 0 Å². The first-order valence-electron chi connectivity index (χ1n) is 5.55. The van der Waals surface area contributed by atoms with E-state index in [0.717, 1.165) is 18.3 Å². The monoisotopic (exact) mass is 354 g/mol. The van der Waals surface area contributed by atoms with Crippen molar-refractivity contribution in [2.24, 2.45) is 0 Å². The fourth-order valence-electron chi connectivity index (χ4n) is 1.57. The van der Waals surface area contributed by atoms with Crippen molar-refractivity contribution in [2.75, 3.05) is 11.1 Å². The summed E-state index contributed by atoms with van der Waals surface area (Å²) in [5.41, 5.74) is 4.82. The summed E-state index contributed by atoms with van der Waals surface area (Å²) < 4.78 is 13.6. The standard InChI is InChI=1S/C12H8BrFN4O3/c13-8-2-1-6(14)3-9(8)17-12(19)7-4-11(15)16-5-10(7)18(20)21/h1-5H,(H2,15,16)(H,17,19). The lowest BCUT2D eigenvalue weighted by atomic mass is 10.2. The predicted molar refractivity (Wildman–Crippen MR) is 77.4 cm³/mol. The lowest BCUT2D eigenvalue weighted by molar-refractivity contribution is -0.385. The molecule has 2 aromatic rings. The maximum Gasteiger partial charge on any atom is 0.300 e. The number of hydrogen-bond donors (Lipinski definition) is 2. The number of benzene rings is 1. The third-order valence-electron chi connectivity index (χ3n) is 2.52. The number of nitrogens with two attached hydrogens (primary N) is 1. The van der Waals surface area contributed by atoms with Gasteiger partial charge in [0, 0.05) is 4.47 Å². The number of amides is 1. The molecule has 0 aliphatic carbocycles. The summed E-state index contributed by atoms with van der Waals surface area (Å²) >= 11 is 3.14. The van der Waals surface area contributed by atoms with Crippen molar-refractivity contribution in [1.82, 2.24) is 4.98 Å². The van der Waals surface area contributed by atoms with Gasteiger partial charge in [-0.25, -0.2) is 9.37 Å². The largest absolute Gasteiger partial charge is 0.384 e. The van der Waals surface area contributed by atoms with Gasteiger partial charge in [0.25, 0.3) is 11.6 Å². The molecule has 0 aliphatic rings. The molecule has 0 radical (unpaired) electrons. The van der Waals surface area contributed by atoms with E-state index < -0.39 is 22.3 Å². The highest BCUT2D eigenvalue weighted by Gasteiger charge is 2.22. The summed E-state index contributed by atoms with van der Waals surface area (Å²) in [4.78, 5) is 25.8. The molecule has 21 heavy (non-hydrogen) atoms. The minimum absolute atomic E-state index is 0.0379. The minimum atomic E-state index is -0.790. The quantitative estimate of drug-likeness (QED) is 0.650. The topological polar surface area (TPSA) is 111 Å². The summed E-state index contributed by atoms with van der Waals surface area (Å²) in [6.45, 7) is 0. The highest BCUT2D eigenvalue weighted by atomic mass is 79.9. The van der Waals surface area contributed by atoms with Gasteiger partial charge >= 0.3 is 0 Å². The van der Waals surface area contributed by atoms with Crippen LogP contribution in [0.2, 0.25) is 0 Å². The second-order valence-electron chi connectivity index (χ2n) is 3.96. The third kappa shape index (κ3) is 3.31. The van der Waals surface area contributed by atoms with E-state index in [9.17, 15) is 19.3 Å². The molecule has 108 valence electrons. The zero-order valence-electron chi connectivity index (χ0n) is 10.3. The second-order valence-corrected chi connectivity index (χ2v) is 4.82. The Morgan fingerprint density at radius 2 is 2.14 bits per heavy atom. The number of hydrogen-bond acceptors (Lipinski definition) is 5. The molecule has 1 aromatic heterocycles. The molecule has 0 unspecified atom stereocenters. The number of nitrogens with one attached hydrogen (secondary N) is 1. The van der Waals surface area contributed by atoms with Crippen molar-refractivity contribution >= 4 is 39.0 Å². The maximum absolute atomic E-state index is 13.2. The van der Waals surface area contributed by atoms with Gasteiger partial charge in [-0.3, -0.25) is 14.9 Å². The van der Waals surface area contributed by atoms with Crippen LogP contribution in [0.15, 0.2) is 34.9 Å². The first-order chi connectivity index (χ1) is 9.88. The third-order valence-corrected chi connectivity index (χ3v) is 3.21. The van der Waals surface area contributed by atoms with Crippen LogP contribution in [0.5, 0.6) is 0 Å². The van der Waals surface area contributed by atoms with E-state index in [-0.39, 0.29) is 17.1 Å². The SMILES string of the molecule is Nc1cc(C(=O)Nc2cc(F)ccc2Br)c([N+](=O)[O-])cn1. The summed E-state index contributed by atoms with van der Waals surface area (Å²) in [7, 11) is 0. The van der Waals surface area contributed by atoms with Gasteiger partial charge in [-0.05, 0) is 40.2 Å². The zero-order chi connectivity index (χ0) is 15.6. The molecule has 1 heterocycles. The van der Waals surface area contributed by atoms with Gasteiger partial charge in [-0.15, -0.1) is 0 Å². The average molecular weight is 355 g/mol. The molecule has 0 atom stereocenters. The first-order valence-corrected chi connectivity index (χ1v) is 6.34. The number of nitrogen functional groups attached to an aromatic ring is 1. The molecule has 0 saturated heterocycles. The average Bonchev–Trinajstić information content (AvgIpc) is 2.42. The van der Waals surface area contributed by atoms with Crippen LogP contribution < -0.4 is 11.1 Å². The highest BCUT2D eigenvalue weighted by Crippen LogP contribution is 2.25. The van der Waals surface area contributed by atoms with Crippen molar-refractivity contribution < 1.29 is 14.1 Å². The Bertz CT molecular complexity index is 738. The molecule has 0 bridgehead atoms. The number of nitro groups is 1. The Morgan fingerprint density at radius 1 is 1.43 bits per heavy atom. The van der Waals surface area contributed by atoms with E-state index >= 15 is 0 Å². The van der Waals surface area contributed by atoms with Crippen LogP contribution in [-0.4, -0.2) is 15.8 Å². The summed E-state index contributed by atoms with van der Waals surface area (Å²) in [5.74, 6) is -1.39. The number of halogens is 2. The molecular formula is C12H8BrFN4O3. The van der Waals surface area contributed by atoms with E-state index in [4.69, 9.17) is 5.73 Å². The Balaban J connectivity index is 2.39. The van der Waals surface area contributed by atoms with Crippen LogP contribution in [0.25, 0.3) is 0 Å². The van der Waals surface area contributed by atoms with Crippen LogP contribution in [-0.2, 0) is 0 Å². The molecule has 3 N–H and O–H groups in total. The number of nitrogens with zero attached hydrogens (tertiary/aromatic N) is 2. The van der Waals surface area contributed by atoms with Crippen molar-refractivity contribution in [3.05, 3.63) is 56.4 Å². The molecular weight excluding hydrogens is 347 g/mol. The summed E-state index contributed by atoms with van der Waals surface area (Å²) in [6, 6.07) is 4.77. The molecule has 9 heteroatoms. The Kier molecular flexibility index (Phi) is 4.13. The number of aromatic nitrogens is 1. The van der Waals surface area contributed by atoms with E-state index in [0.29, 0.717) is 4.47 Å². The van der Waals surface area contributed by atoms with Crippen molar-refractivity contribution in [3.63, 3.8) is 0 Å². The van der Waals surface area contributed by atoms with Gasteiger partial charge in [0.05, 0.1) is 10.6 Å². The number of anilines is 2. The zero-order valence-corrected chi connectivity index (χ0v) is 11.9. The van der Waals surface area contributed by atoms with Gasteiger partial charge in [0.1, 0.15) is 23.4 Å². The van der Waals surface area contributed by atoms with Gasteiger partial charge in [-0.2, -0.15) is 0 Å². The number of pyridine rings is 1. The van der Waals surface area contributed by atoms with Gasteiger partial charge in [-0.1, -0.05) is 0 Å². The van der Waals surface area contributed by atoms with Crippen LogP contribution in [0.3, 0.4) is 0 Å². The molecule has 1 amide bonds. The van der Waals surface area contributed by atoms with Gasteiger partial charge < -0.3 is 11.1 Å². The van der Waals surface area contributed by atoms with Gasteiger partial charge in [0.15, 0.2) is 0 Å². The van der Waals surface area contributed by atoms with Crippen LogP contribution in [0, 0.1) is 15.9 Å². The molecule has 7 nitrogen and oxygen atoms in total. The smallest absolute Gasteiger partial charge is 0.300 e. The Hall–Kier alpha value is -2.55. The minimum Gasteiger partial charge on any atom is -0.384 e. The first kappa shape index (κ1) is 14.9. The molecule has 0 saturated carbocycles. The number of carbonyl (C=O) groups excluding carboxylic acids is 1. The summed E-state index contributed by atoms with van der Waals surface area (Å²) in [5, 5.41) is 13.3. The molecule has 1 aromatic carbocycles.